The van der Waals surface area contributed by atoms with Crippen molar-refractivity contribution in [3.8, 4) is 0 Å². The van der Waals surface area contributed by atoms with Gasteiger partial charge in [0.25, 0.3) is 0 Å². The van der Waals surface area contributed by atoms with Crippen LogP contribution >= 0.6 is 0 Å². The zero-order valence-electron chi connectivity index (χ0n) is 14.5. The van der Waals surface area contributed by atoms with Gasteiger partial charge in [-0.05, 0) is 38.3 Å². The maximum Gasteiger partial charge on any atom is 0.00471 e. The lowest BCUT2D eigenvalue weighted by Gasteiger charge is -2.37. The molecule has 2 heteroatoms. The number of hydrogen-bond donors (Lipinski definition) is 1. The van der Waals surface area contributed by atoms with E-state index in [1.807, 2.05) is 0 Å². The van der Waals surface area contributed by atoms with Gasteiger partial charge in [-0.1, -0.05) is 59.3 Å². The average molecular weight is 283 g/mol. The first-order valence-electron chi connectivity index (χ1n) is 9.00. The second-order valence-electron chi connectivity index (χ2n) is 7.39. The van der Waals surface area contributed by atoms with Crippen LogP contribution in [0.2, 0.25) is 0 Å². The highest BCUT2D eigenvalue weighted by atomic mass is 15.1. The Kier molecular flexibility index (Phi) is 8.79. The van der Waals surface area contributed by atoms with E-state index in [0.717, 1.165) is 0 Å². The lowest BCUT2D eigenvalue weighted by atomic mass is 9.79. The van der Waals surface area contributed by atoms with E-state index in [9.17, 15) is 0 Å². The molecule has 1 N–H and O–H groups in total. The second-order valence-corrected chi connectivity index (χ2v) is 7.39. The van der Waals surface area contributed by atoms with E-state index >= 15 is 0 Å². The number of nitrogens with one attached hydrogen (secondary N) is 1. The Hall–Kier alpha value is -0.0800. The van der Waals surface area contributed by atoms with Gasteiger partial charge in [-0.15, -0.1) is 0 Å². The van der Waals surface area contributed by atoms with Gasteiger partial charge in [0.15, 0.2) is 0 Å². The van der Waals surface area contributed by atoms with E-state index < -0.39 is 0 Å². The van der Waals surface area contributed by atoms with Gasteiger partial charge in [-0.2, -0.15) is 0 Å². The Morgan fingerprint density at radius 1 is 1.05 bits per heavy atom. The standard InChI is InChI=1S/C18H38N2/c1-5-6-11-14-20(4)16-18(15-19-17(2)3)12-9-7-8-10-13-18/h17,19H,5-16H2,1-4H3. The highest BCUT2D eigenvalue weighted by Crippen LogP contribution is 2.35. The molecule has 2 nitrogen and oxygen atoms in total. The van der Waals surface area contributed by atoms with E-state index in [1.54, 1.807) is 0 Å². The SMILES string of the molecule is CCCCCN(C)CC1(CNC(C)C)CCCCCC1. The van der Waals surface area contributed by atoms with Crippen molar-refractivity contribution in [1.29, 1.82) is 0 Å². The molecule has 0 bridgehead atoms. The summed E-state index contributed by atoms with van der Waals surface area (Å²) in [6.45, 7) is 10.6. The number of unbranched alkanes of at least 4 members (excludes halogenated alkanes) is 2. The van der Waals surface area contributed by atoms with Gasteiger partial charge >= 0.3 is 0 Å². The van der Waals surface area contributed by atoms with E-state index in [0.29, 0.717) is 11.5 Å². The normalized spacial score (nSPS) is 19.5. The first-order chi connectivity index (χ1) is 9.58. The zero-order valence-corrected chi connectivity index (χ0v) is 14.5. The molecule has 0 unspecified atom stereocenters. The van der Waals surface area contributed by atoms with Crippen molar-refractivity contribution in [2.24, 2.45) is 5.41 Å². The topological polar surface area (TPSA) is 15.3 Å². The third-order valence-electron chi connectivity index (χ3n) is 4.80. The minimum Gasteiger partial charge on any atom is -0.314 e. The molecule has 0 heterocycles. The molecule has 1 aliphatic rings. The largest absolute Gasteiger partial charge is 0.314 e. The summed E-state index contributed by atoms with van der Waals surface area (Å²) in [6, 6.07) is 0.612. The van der Waals surface area contributed by atoms with Crippen LogP contribution in [0.25, 0.3) is 0 Å². The molecule has 1 aliphatic carbocycles. The van der Waals surface area contributed by atoms with Crippen molar-refractivity contribution < 1.29 is 0 Å². The van der Waals surface area contributed by atoms with Crippen molar-refractivity contribution in [3.05, 3.63) is 0 Å². The summed E-state index contributed by atoms with van der Waals surface area (Å²) < 4.78 is 0. The third kappa shape index (κ3) is 7.08. The fourth-order valence-corrected chi connectivity index (χ4v) is 3.57. The van der Waals surface area contributed by atoms with E-state index in [2.05, 4.69) is 38.0 Å². The number of hydrogen-bond acceptors (Lipinski definition) is 2. The monoisotopic (exact) mass is 282 g/mol. The Balaban J connectivity index is 2.51. The highest BCUT2D eigenvalue weighted by Gasteiger charge is 2.31. The molecule has 0 aromatic rings. The van der Waals surface area contributed by atoms with Gasteiger partial charge in [-0.3, -0.25) is 0 Å². The minimum absolute atomic E-state index is 0.529. The van der Waals surface area contributed by atoms with Crippen LogP contribution in [0.5, 0.6) is 0 Å². The summed E-state index contributed by atoms with van der Waals surface area (Å²) in [5.41, 5.74) is 0.529. The van der Waals surface area contributed by atoms with Crippen molar-refractivity contribution >= 4 is 0 Å². The van der Waals surface area contributed by atoms with Crippen molar-refractivity contribution in [2.75, 3.05) is 26.7 Å². The molecule has 0 aromatic heterocycles. The maximum atomic E-state index is 3.73. The highest BCUT2D eigenvalue weighted by molar-refractivity contribution is 4.87. The van der Waals surface area contributed by atoms with Gasteiger partial charge in [0.2, 0.25) is 0 Å². The van der Waals surface area contributed by atoms with E-state index in [4.69, 9.17) is 0 Å². The molecule has 0 aliphatic heterocycles. The zero-order chi connectivity index (χ0) is 14.8. The summed E-state index contributed by atoms with van der Waals surface area (Å²) in [7, 11) is 2.33. The van der Waals surface area contributed by atoms with Crippen molar-refractivity contribution in [2.45, 2.75) is 84.6 Å². The molecule has 0 atom stereocenters. The van der Waals surface area contributed by atoms with Crippen LogP contribution < -0.4 is 5.32 Å². The van der Waals surface area contributed by atoms with Crippen LogP contribution in [0.4, 0.5) is 0 Å². The summed E-state index contributed by atoms with van der Waals surface area (Å²) in [5.74, 6) is 0. The fraction of sp³-hybridized carbons (Fsp3) is 1.00. The molecule has 0 aromatic carbocycles. The average Bonchev–Trinajstić information content (AvgIpc) is 2.63. The molecular formula is C18H38N2. The third-order valence-corrected chi connectivity index (χ3v) is 4.80. The van der Waals surface area contributed by atoms with Gasteiger partial charge < -0.3 is 10.2 Å². The summed E-state index contributed by atoms with van der Waals surface area (Å²) in [4.78, 5) is 2.60. The van der Waals surface area contributed by atoms with E-state index in [1.165, 1.54) is 77.4 Å². The summed E-state index contributed by atoms with van der Waals surface area (Å²) in [5, 5.41) is 3.73. The first kappa shape index (κ1) is 18.0. The lowest BCUT2D eigenvalue weighted by molar-refractivity contribution is 0.142. The van der Waals surface area contributed by atoms with Crippen molar-refractivity contribution in [1.82, 2.24) is 10.2 Å². The van der Waals surface area contributed by atoms with Gasteiger partial charge in [0.1, 0.15) is 0 Å². The van der Waals surface area contributed by atoms with Crippen molar-refractivity contribution in [3.63, 3.8) is 0 Å². The molecule has 0 spiro atoms. The predicted octanol–water partition coefficient (Wildman–Crippen LogP) is 4.45. The summed E-state index contributed by atoms with van der Waals surface area (Å²) in [6.07, 6.45) is 12.7. The molecule has 0 amide bonds. The Morgan fingerprint density at radius 3 is 2.25 bits per heavy atom. The molecule has 0 saturated heterocycles. The van der Waals surface area contributed by atoms with Crippen LogP contribution in [0.3, 0.4) is 0 Å². The fourth-order valence-electron chi connectivity index (χ4n) is 3.57. The smallest absolute Gasteiger partial charge is 0.00471 e. The molecule has 1 saturated carbocycles. The molecule has 1 rings (SSSR count). The van der Waals surface area contributed by atoms with Crippen LogP contribution in [0.15, 0.2) is 0 Å². The van der Waals surface area contributed by atoms with Crippen LogP contribution in [-0.2, 0) is 0 Å². The second kappa shape index (κ2) is 9.78. The van der Waals surface area contributed by atoms with Gasteiger partial charge in [0.05, 0.1) is 0 Å². The summed E-state index contributed by atoms with van der Waals surface area (Å²) >= 11 is 0. The molecule has 0 radical (unpaired) electrons. The van der Waals surface area contributed by atoms with Gasteiger partial charge in [-0.25, -0.2) is 0 Å². The predicted molar refractivity (Wildman–Crippen MR) is 90.3 cm³/mol. The van der Waals surface area contributed by atoms with Gasteiger partial charge in [0, 0.05) is 19.1 Å². The Labute approximate surface area is 127 Å². The Bertz CT molecular complexity index is 230. The first-order valence-corrected chi connectivity index (χ1v) is 9.00. The van der Waals surface area contributed by atoms with Crippen LogP contribution in [0.1, 0.15) is 78.6 Å². The molecule has 120 valence electrons. The minimum atomic E-state index is 0.529. The molecular weight excluding hydrogens is 244 g/mol. The van der Waals surface area contributed by atoms with E-state index in [-0.39, 0.29) is 0 Å². The number of rotatable bonds is 9. The lowest BCUT2D eigenvalue weighted by Crippen LogP contribution is -2.44. The van der Waals surface area contributed by atoms with Crippen LogP contribution in [-0.4, -0.2) is 37.6 Å². The molecule has 20 heavy (non-hydrogen) atoms. The Morgan fingerprint density at radius 2 is 1.70 bits per heavy atom. The maximum absolute atomic E-state index is 3.73. The number of nitrogens with zero attached hydrogens (tertiary/aromatic N) is 1. The molecule has 1 fully saturated rings. The quantitative estimate of drug-likeness (QED) is 0.496. The van der Waals surface area contributed by atoms with Crippen LogP contribution in [0, 0.1) is 5.41 Å².